The first-order chi connectivity index (χ1) is 3.06. The first-order valence-electron chi connectivity index (χ1n) is 2.07. The Kier molecular flexibility index (Phi) is 6.50. The predicted octanol–water partition coefficient (Wildman–Crippen LogP) is -0.692. The molecule has 0 saturated heterocycles. The molecule has 0 aromatic heterocycles. The predicted molar refractivity (Wildman–Crippen MR) is 22.8 cm³/mol. The van der Waals surface area contributed by atoms with Crippen LogP contribution >= 0.6 is 7.60 Å². The molecule has 0 aromatic carbocycles. The molecule has 0 aliphatic heterocycles. The van der Waals surface area contributed by atoms with Gasteiger partial charge >= 0.3 is 17.1 Å². The minimum absolute atomic E-state index is 0. The normalized spacial score (nSPS) is 10.4. The van der Waals surface area contributed by atoms with E-state index in [1.807, 2.05) is 0 Å². The van der Waals surface area contributed by atoms with Crippen LogP contribution in [0.5, 0.6) is 0 Å². The largest absolute Gasteiger partial charge is 2.00 e. The van der Waals surface area contributed by atoms with E-state index in [-0.39, 0.29) is 23.2 Å². The van der Waals surface area contributed by atoms with Crippen LogP contribution in [0.4, 0.5) is 0 Å². The fourth-order valence-electron chi connectivity index (χ4n) is 0.274. The molecule has 0 N–H and O–H groups in total. The minimum atomic E-state index is -4.17. The molecule has 0 spiro atoms. The zero-order valence-electron chi connectivity index (χ0n) is 4.39. The smallest absolute Gasteiger partial charge is 0.811 e. The zero-order chi connectivity index (χ0) is 5.91. The summed E-state index contributed by atoms with van der Waals surface area (Å²) in [5.41, 5.74) is 0. The quantitative estimate of drug-likeness (QED) is 0.423. The third-order valence-corrected chi connectivity index (χ3v) is 1.49. The van der Waals surface area contributed by atoms with Crippen molar-refractivity contribution in [2.24, 2.45) is 0 Å². The van der Waals surface area contributed by atoms with Crippen molar-refractivity contribution in [2.75, 3.05) is 6.16 Å². The van der Waals surface area contributed by atoms with Crippen LogP contribution in [0.3, 0.4) is 0 Å². The first-order valence-corrected chi connectivity index (χ1v) is 3.80. The van der Waals surface area contributed by atoms with Gasteiger partial charge in [0.05, 0.1) is 0 Å². The van der Waals surface area contributed by atoms with Gasteiger partial charge in [0.15, 0.2) is 0 Å². The van der Waals surface area contributed by atoms with Crippen molar-refractivity contribution >= 4 is 7.60 Å². The maximum atomic E-state index is 9.70. The van der Waals surface area contributed by atoms with E-state index in [0.29, 0.717) is 6.42 Å². The van der Waals surface area contributed by atoms with Crippen LogP contribution in [-0.4, -0.2) is 6.16 Å². The topological polar surface area (TPSA) is 63.2 Å². The Morgan fingerprint density at radius 3 is 1.88 bits per heavy atom. The molecule has 0 bridgehead atoms. The molecular weight excluding hydrogens is 179 g/mol. The summed E-state index contributed by atoms with van der Waals surface area (Å²) < 4.78 is 9.70. The Hall–Kier alpha value is 0.669. The standard InChI is InChI=1S/C3H9O3P.Cu/c1-2-3-7(4,5)6;/h2-3H2,1H3,(H2,4,5,6);/q;+2/p-2. The third-order valence-electron chi connectivity index (χ3n) is 0.497. The fourth-order valence-corrected chi connectivity index (χ4v) is 0.822. The molecule has 0 aliphatic rings. The molecule has 0 saturated carbocycles. The van der Waals surface area contributed by atoms with Gasteiger partial charge in [-0.3, -0.25) is 0 Å². The summed E-state index contributed by atoms with van der Waals surface area (Å²) in [6, 6.07) is 0. The van der Waals surface area contributed by atoms with Gasteiger partial charge < -0.3 is 14.4 Å². The molecule has 0 aliphatic carbocycles. The Morgan fingerprint density at radius 2 is 1.88 bits per heavy atom. The van der Waals surface area contributed by atoms with E-state index < -0.39 is 7.60 Å². The third kappa shape index (κ3) is 9.83. The van der Waals surface area contributed by atoms with Crippen LogP contribution in [0.2, 0.25) is 0 Å². The monoisotopic (exact) mass is 185 g/mol. The van der Waals surface area contributed by atoms with E-state index >= 15 is 0 Å². The van der Waals surface area contributed by atoms with Crippen LogP contribution < -0.4 is 9.79 Å². The second-order valence-electron chi connectivity index (χ2n) is 1.33. The van der Waals surface area contributed by atoms with Crippen LogP contribution in [0, 0.1) is 0 Å². The molecule has 8 heavy (non-hydrogen) atoms. The Labute approximate surface area is 59.1 Å². The molecule has 53 valence electrons. The van der Waals surface area contributed by atoms with Gasteiger partial charge in [0.1, 0.15) is 0 Å². The summed E-state index contributed by atoms with van der Waals surface area (Å²) in [6.45, 7) is 1.66. The van der Waals surface area contributed by atoms with E-state index in [4.69, 9.17) is 0 Å². The summed E-state index contributed by atoms with van der Waals surface area (Å²) in [6.07, 6.45) is 0.206. The van der Waals surface area contributed by atoms with Gasteiger partial charge in [-0.1, -0.05) is 20.9 Å². The van der Waals surface area contributed by atoms with E-state index in [9.17, 15) is 14.4 Å². The van der Waals surface area contributed by atoms with Crippen LogP contribution in [-0.2, 0) is 21.6 Å². The van der Waals surface area contributed by atoms with Crippen molar-refractivity contribution in [3.63, 3.8) is 0 Å². The molecule has 0 amide bonds. The second kappa shape index (κ2) is 4.54. The van der Waals surface area contributed by atoms with Gasteiger partial charge in [-0.15, -0.1) is 0 Å². The maximum absolute atomic E-state index is 9.70. The molecule has 0 heterocycles. The Bertz CT molecular complexity index is 88.5. The van der Waals surface area contributed by atoms with Gasteiger partial charge in [-0.2, -0.15) is 0 Å². The van der Waals surface area contributed by atoms with Crippen LogP contribution in [0.15, 0.2) is 0 Å². The number of rotatable bonds is 2. The van der Waals surface area contributed by atoms with E-state index in [1.54, 1.807) is 6.92 Å². The molecule has 0 rings (SSSR count). The molecular formula is C3H7CuO3P. The summed E-state index contributed by atoms with van der Waals surface area (Å²) >= 11 is 0. The summed E-state index contributed by atoms with van der Waals surface area (Å²) in [7, 11) is -4.17. The van der Waals surface area contributed by atoms with Gasteiger partial charge in [-0.25, -0.2) is 0 Å². The van der Waals surface area contributed by atoms with Crippen molar-refractivity contribution in [2.45, 2.75) is 13.3 Å². The second-order valence-corrected chi connectivity index (χ2v) is 3.00. The Balaban J connectivity index is 0. The number of hydrogen-bond acceptors (Lipinski definition) is 3. The molecule has 1 radical (unpaired) electrons. The molecule has 5 heteroatoms. The fraction of sp³-hybridized carbons (Fsp3) is 1.00. The summed E-state index contributed by atoms with van der Waals surface area (Å²) in [5, 5.41) is 0. The van der Waals surface area contributed by atoms with Gasteiger partial charge in [-0.05, 0) is 6.16 Å². The molecule has 3 nitrogen and oxygen atoms in total. The van der Waals surface area contributed by atoms with Crippen molar-refractivity contribution in [1.82, 2.24) is 0 Å². The summed E-state index contributed by atoms with van der Waals surface area (Å²) in [4.78, 5) is 19.4. The van der Waals surface area contributed by atoms with Crippen molar-refractivity contribution in [3.05, 3.63) is 0 Å². The van der Waals surface area contributed by atoms with Crippen LogP contribution in [0.1, 0.15) is 13.3 Å². The van der Waals surface area contributed by atoms with E-state index in [2.05, 4.69) is 0 Å². The maximum Gasteiger partial charge on any atom is 2.00 e. The van der Waals surface area contributed by atoms with Crippen molar-refractivity contribution < 1.29 is 31.4 Å². The average Bonchev–Trinajstić information content (AvgIpc) is 1.30. The van der Waals surface area contributed by atoms with Crippen molar-refractivity contribution in [1.29, 1.82) is 0 Å². The van der Waals surface area contributed by atoms with E-state index in [0.717, 1.165) is 0 Å². The molecule has 0 fully saturated rings. The molecule has 0 aromatic rings. The van der Waals surface area contributed by atoms with Gasteiger partial charge in [0.25, 0.3) is 0 Å². The average molecular weight is 186 g/mol. The molecule has 0 atom stereocenters. The zero-order valence-corrected chi connectivity index (χ0v) is 6.22. The summed E-state index contributed by atoms with van der Waals surface area (Å²) in [5.74, 6) is 0. The Morgan fingerprint density at radius 1 is 1.50 bits per heavy atom. The van der Waals surface area contributed by atoms with Crippen molar-refractivity contribution in [3.8, 4) is 0 Å². The number of hydrogen-bond donors (Lipinski definition) is 0. The van der Waals surface area contributed by atoms with Crippen LogP contribution in [0.25, 0.3) is 0 Å². The van der Waals surface area contributed by atoms with E-state index in [1.165, 1.54) is 0 Å². The SMILES string of the molecule is CCCP(=O)([O-])[O-].[Cu+2]. The molecule has 0 unspecified atom stereocenters. The van der Waals surface area contributed by atoms with Gasteiger partial charge in [0.2, 0.25) is 0 Å². The van der Waals surface area contributed by atoms with Gasteiger partial charge in [0, 0.05) is 0 Å². The first kappa shape index (κ1) is 11.5. The minimum Gasteiger partial charge on any atom is -0.811 e.